The van der Waals surface area contributed by atoms with Crippen LogP contribution in [0, 0.1) is 0 Å². The van der Waals surface area contributed by atoms with Crippen LogP contribution in [0.3, 0.4) is 0 Å². The molecule has 1 rings (SSSR count). The highest BCUT2D eigenvalue weighted by atomic mass is 16.5. The van der Waals surface area contributed by atoms with Gasteiger partial charge in [0.25, 0.3) is 0 Å². The van der Waals surface area contributed by atoms with Crippen molar-refractivity contribution >= 4 is 0 Å². The molecule has 0 saturated carbocycles. The Kier molecular flexibility index (Phi) is 6.30. The van der Waals surface area contributed by atoms with Crippen LogP contribution in [0.4, 0.5) is 0 Å². The molecule has 0 bridgehead atoms. The molecule has 1 aromatic carbocycles. The average Bonchev–Trinajstić information content (AvgIpc) is 2.33. The highest BCUT2D eigenvalue weighted by molar-refractivity contribution is 5.47. The average molecular weight is 281 g/mol. The Morgan fingerprint density at radius 1 is 1.20 bits per heavy atom. The number of rotatable bonds is 7. The van der Waals surface area contributed by atoms with Crippen molar-refractivity contribution in [1.82, 2.24) is 0 Å². The zero-order chi connectivity index (χ0) is 15.2. The van der Waals surface area contributed by atoms with E-state index in [1.807, 2.05) is 45.9 Å². The van der Waals surface area contributed by atoms with Crippen molar-refractivity contribution in [2.75, 3.05) is 20.3 Å². The Labute approximate surface area is 122 Å². The van der Waals surface area contributed by atoms with Crippen LogP contribution < -0.4 is 15.2 Å². The van der Waals surface area contributed by atoms with Gasteiger partial charge in [0.2, 0.25) is 0 Å². The molecule has 1 aromatic rings. The molecule has 0 saturated heterocycles. The van der Waals surface area contributed by atoms with Crippen molar-refractivity contribution in [3.63, 3.8) is 0 Å². The minimum absolute atomic E-state index is 0.0790. The summed E-state index contributed by atoms with van der Waals surface area (Å²) in [5.74, 6) is 1.50. The lowest BCUT2D eigenvalue weighted by Crippen LogP contribution is -2.23. The summed E-state index contributed by atoms with van der Waals surface area (Å²) in [6, 6.07) is 5.95. The first-order valence-corrected chi connectivity index (χ1v) is 7.01. The van der Waals surface area contributed by atoms with Crippen molar-refractivity contribution in [1.29, 1.82) is 0 Å². The van der Waals surface area contributed by atoms with E-state index in [1.54, 1.807) is 7.11 Å². The summed E-state index contributed by atoms with van der Waals surface area (Å²) in [5, 5.41) is 0. The molecule has 0 fully saturated rings. The lowest BCUT2D eigenvalue weighted by molar-refractivity contribution is -0.0166. The maximum Gasteiger partial charge on any atom is 0.164 e. The van der Waals surface area contributed by atoms with Crippen molar-refractivity contribution in [2.45, 2.75) is 45.8 Å². The second-order valence-corrected chi connectivity index (χ2v) is 5.94. The third kappa shape index (κ3) is 5.80. The van der Waals surface area contributed by atoms with Crippen LogP contribution in [0.1, 0.15) is 33.3 Å². The van der Waals surface area contributed by atoms with E-state index in [0.29, 0.717) is 13.2 Å². The van der Waals surface area contributed by atoms with Crippen LogP contribution in [0.2, 0.25) is 0 Å². The van der Waals surface area contributed by atoms with Crippen LogP contribution in [-0.4, -0.2) is 32.0 Å². The molecule has 0 aliphatic rings. The monoisotopic (exact) mass is 281 g/mol. The molecule has 0 radical (unpaired) electrons. The molecular formula is C16H27NO3. The lowest BCUT2D eigenvalue weighted by Gasteiger charge is -2.21. The predicted octanol–water partition coefficient (Wildman–Crippen LogP) is 2.78. The molecular weight excluding hydrogens is 254 g/mol. The smallest absolute Gasteiger partial charge is 0.164 e. The van der Waals surface area contributed by atoms with Crippen LogP contribution in [0.25, 0.3) is 0 Å². The zero-order valence-electron chi connectivity index (χ0n) is 13.2. The first kappa shape index (κ1) is 16.8. The van der Waals surface area contributed by atoms with Crippen LogP contribution in [0.5, 0.6) is 11.5 Å². The molecule has 0 aliphatic carbocycles. The van der Waals surface area contributed by atoms with Gasteiger partial charge in [0.1, 0.15) is 6.61 Å². The van der Waals surface area contributed by atoms with Crippen molar-refractivity contribution in [3.8, 4) is 11.5 Å². The number of nitrogens with two attached hydrogens (primary N) is 1. The van der Waals surface area contributed by atoms with Crippen molar-refractivity contribution in [3.05, 3.63) is 23.8 Å². The molecule has 114 valence electrons. The topological polar surface area (TPSA) is 53.7 Å². The summed E-state index contributed by atoms with van der Waals surface area (Å²) < 4.78 is 16.9. The minimum atomic E-state index is -0.154. The summed E-state index contributed by atoms with van der Waals surface area (Å²) in [4.78, 5) is 0. The Hall–Kier alpha value is -1.26. The molecule has 1 unspecified atom stereocenters. The van der Waals surface area contributed by atoms with Crippen LogP contribution in [-0.2, 0) is 11.2 Å². The Morgan fingerprint density at radius 2 is 1.90 bits per heavy atom. The highest BCUT2D eigenvalue weighted by Crippen LogP contribution is 2.31. The van der Waals surface area contributed by atoms with Gasteiger partial charge in [-0.3, -0.25) is 0 Å². The first-order chi connectivity index (χ1) is 9.33. The molecule has 1 atom stereocenters. The van der Waals surface area contributed by atoms with Gasteiger partial charge in [-0.15, -0.1) is 0 Å². The normalized spacial score (nSPS) is 13.1. The Bertz CT molecular complexity index is 411. The molecule has 2 N–H and O–H groups in total. The SMILES string of the molecule is COc1cccc(CC(C)N)c1OCCOC(C)(C)C. The number of hydrogen-bond acceptors (Lipinski definition) is 4. The van der Waals surface area contributed by atoms with Gasteiger partial charge in [0.05, 0.1) is 19.3 Å². The molecule has 4 nitrogen and oxygen atoms in total. The number of methoxy groups -OCH3 is 1. The number of hydrogen-bond donors (Lipinski definition) is 1. The molecule has 0 aliphatic heterocycles. The lowest BCUT2D eigenvalue weighted by atomic mass is 10.1. The third-order valence-corrected chi connectivity index (χ3v) is 2.69. The zero-order valence-corrected chi connectivity index (χ0v) is 13.2. The number of benzene rings is 1. The fourth-order valence-corrected chi connectivity index (χ4v) is 1.89. The van der Waals surface area contributed by atoms with Gasteiger partial charge < -0.3 is 19.9 Å². The van der Waals surface area contributed by atoms with Gasteiger partial charge in [-0.2, -0.15) is 0 Å². The van der Waals surface area contributed by atoms with E-state index in [0.717, 1.165) is 23.5 Å². The van der Waals surface area contributed by atoms with Gasteiger partial charge in [-0.05, 0) is 45.7 Å². The maximum atomic E-state index is 5.88. The highest BCUT2D eigenvalue weighted by Gasteiger charge is 2.13. The van der Waals surface area contributed by atoms with E-state index in [2.05, 4.69) is 0 Å². The summed E-state index contributed by atoms with van der Waals surface area (Å²) in [5.41, 5.74) is 6.79. The van der Waals surface area contributed by atoms with Gasteiger partial charge in [-0.1, -0.05) is 12.1 Å². The third-order valence-electron chi connectivity index (χ3n) is 2.69. The van der Waals surface area contributed by atoms with Gasteiger partial charge in [0.15, 0.2) is 11.5 Å². The Balaban J connectivity index is 2.70. The van der Waals surface area contributed by atoms with Gasteiger partial charge >= 0.3 is 0 Å². The maximum absolute atomic E-state index is 5.88. The molecule has 0 aromatic heterocycles. The van der Waals surface area contributed by atoms with E-state index in [9.17, 15) is 0 Å². The van der Waals surface area contributed by atoms with Crippen LogP contribution in [0.15, 0.2) is 18.2 Å². The van der Waals surface area contributed by atoms with E-state index < -0.39 is 0 Å². The quantitative estimate of drug-likeness (QED) is 0.781. The van der Waals surface area contributed by atoms with E-state index >= 15 is 0 Å². The predicted molar refractivity (Wildman–Crippen MR) is 81.5 cm³/mol. The van der Waals surface area contributed by atoms with Crippen molar-refractivity contribution < 1.29 is 14.2 Å². The summed E-state index contributed by atoms with van der Waals surface area (Å²) in [6.07, 6.45) is 0.757. The largest absolute Gasteiger partial charge is 0.493 e. The molecule has 0 heterocycles. The first-order valence-electron chi connectivity index (χ1n) is 7.01. The summed E-state index contributed by atoms with van der Waals surface area (Å²) in [7, 11) is 1.64. The van der Waals surface area contributed by atoms with E-state index in [1.165, 1.54) is 0 Å². The molecule has 0 amide bonds. The Morgan fingerprint density at radius 3 is 2.45 bits per heavy atom. The molecule has 0 spiro atoms. The fraction of sp³-hybridized carbons (Fsp3) is 0.625. The van der Waals surface area contributed by atoms with Crippen LogP contribution >= 0.6 is 0 Å². The number of para-hydroxylation sites is 1. The minimum Gasteiger partial charge on any atom is -0.493 e. The second kappa shape index (κ2) is 7.50. The summed E-state index contributed by atoms with van der Waals surface area (Å²) >= 11 is 0. The second-order valence-electron chi connectivity index (χ2n) is 5.94. The summed E-state index contributed by atoms with van der Waals surface area (Å²) in [6.45, 7) is 9.08. The van der Waals surface area contributed by atoms with Crippen molar-refractivity contribution in [2.24, 2.45) is 5.73 Å². The van der Waals surface area contributed by atoms with E-state index in [4.69, 9.17) is 19.9 Å². The van der Waals surface area contributed by atoms with Gasteiger partial charge in [-0.25, -0.2) is 0 Å². The van der Waals surface area contributed by atoms with Gasteiger partial charge in [0, 0.05) is 6.04 Å². The number of ether oxygens (including phenoxy) is 3. The fourth-order valence-electron chi connectivity index (χ4n) is 1.89. The standard InChI is InChI=1S/C16H27NO3/c1-12(17)11-13-7-6-8-14(18-5)15(13)19-9-10-20-16(2,3)4/h6-8,12H,9-11,17H2,1-5H3. The van der Waals surface area contributed by atoms with E-state index in [-0.39, 0.29) is 11.6 Å². The molecule has 4 heteroatoms. The molecule has 20 heavy (non-hydrogen) atoms.